The highest BCUT2D eigenvalue weighted by Crippen LogP contribution is 2.36. The van der Waals surface area contributed by atoms with Gasteiger partial charge in [-0.05, 0) is 73.3 Å². The van der Waals surface area contributed by atoms with E-state index in [1.54, 1.807) is 24.3 Å². The van der Waals surface area contributed by atoms with Gasteiger partial charge in [-0.3, -0.25) is 53.6 Å². The van der Waals surface area contributed by atoms with Crippen LogP contribution in [0.2, 0.25) is 0 Å². The molecule has 17 nitrogen and oxygen atoms in total. The van der Waals surface area contributed by atoms with Gasteiger partial charge in [0, 0.05) is 109 Å². The first-order chi connectivity index (χ1) is 34.6. The maximum absolute atomic E-state index is 13.9. The third-order valence-corrected chi connectivity index (χ3v) is 13.8. The van der Waals surface area contributed by atoms with E-state index in [2.05, 4.69) is 58.0 Å². The highest BCUT2D eigenvalue weighted by molar-refractivity contribution is 6.25. The van der Waals surface area contributed by atoms with Gasteiger partial charge in [0.25, 0.3) is 17.7 Å². The van der Waals surface area contributed by atoms with E-state index in [-0.39, 0.29) is 29.9 Å². The molecule has 8 rings (SSSR count). The van der Waals surface area contributed by atoms with Crippen molar-refractivity contribution in [3.63, 3.8) is 0 Å². The Bertz CT molecular complexity index is 2730. The number of unbranched alkanes of at least 4 members (excludes halogenated alkanes) is 4. The molecule has 4 aliphatic heterocycles. The van der Waals surface area contributed by atoms with Crippen LogP contribution >= 0.6 is 0 Å². The standard InChI is InChI=1S/C52H61F3N10O7/c1-61-21-27-64(28-22-61)42-15-14-36(30-41(42)59-48(69)38-32-58-46(68)31-39(38)52(53,54)55)35-10-7-9-34(29-35)33-63-25-23-62(24-26-63)20-19-57-44(66)13-5-3-2-4-6-18-56-40-12-8-11-37-47(40)51(72)65(50(37)71)43-16-17-45(67)60-49(43)70/h7-12,14-15,29-32,43,56H,2-6,13,16-28,33H2,1H3,(H,57,66)(H,58,68)(H,59,69)(H,60,67,70). The van der Waals surface area contributed by atoms with Crippen LogP contribution in [-0.2, 0) is 27.1 Å². The Morgan fingerprint density at radius 2 is 1.47 bits per heavy atom. The Morgan fingerprint density at radius 1 is 0.750 bits per heavy atom. The number of fused-ring (bicyclic) bond motifs is 1. The third kappa shape index (κ3) is 12.6. The predicted molar refractivity (Wildman–Crippen MR) is 266 cm³/mol. The second kappa shape index (κ2) is 23.1. The monoisotopic (exact) mass is 994 g/mol. The first kappa shape index (κ1) is 51.5. The van der Waals surface area contributed by atoms with E-state index in [1.165, 1.54) is 0 Å². The fourth-order valence-electron chi connectivity index (χ4n) is 9.77. The molecule has 1 aromatic heterocycles. The molecule has 0 saturated carbocycles. The summed E-state index contributed by atoms with van der Waals surface area (Å²) in [6.07, 6.45) is 0.897. The minimum atomic E-state index is -4.90. The van der Waals surface area contributed by atoms with Crippen LogP contribution in [0.5, 0.6) is 0 Å². The van der Waals surface area contributed by atoms with Crippen LogP contribution < -0.4 is 31.7 Å². The van der Waals surface area contributed by atoms with Crippen molar-refractivity contribution in [3.8, 4) is 11.1 Å². The van der Waals surface area contributed by atoms with Crippen molar-refractivity contribution in [2.75, 3.05) is 94.6 Å². The van der Waals surface area contributed by atoms with Gasteiger partial charge in [-0.25, -0.2) is 0 Å². The van der Waals surface area contributed by atoms with Crippen LogP contribution in [-0.4, -0.2) is 145 Å². The molecule has 6 amide bonds. The van der Waals surface area contributed by atoms with Crippen LogP contribution in [0, 0.1) is 0 Å². The van der Waals surface area contributed by atoms with Crippen LogP contribution in [0.15, 0.2) is 77.7 Å². The molecule has 1 atom stereocenters. The van der Waals surface area contributed by atoms with E-state index in [1.807, 2.05) is 31.3 Å². The van der Waals surface area contributed by atoms with Gasteiger partial charge in [-0.15, -0.1) is 0 Å². The maximum atomic E-state index is 13.9. The summed E-state index contributed by atoms with van der Waals surface area (Å²) < 4.78 is 41.7. The Balaban J connectivity index is 0.737. The second-order valence-electron chi connectivity index (χ2n) is 18.9. The van der Waals surface area contributed by atoms with E-state index in [0.29, 0.717) is 55.7 Å². The number of hydrogen-bond acceptors (Lipinski definition) is 12. The summed E-state index contributed by atoms with van der Waals surface area (Å²) in [7, 11) is 2.02. The molecule has 1 unspecified atom stereocenters. The number of H-pyrrole nitrogens is 1. The molecule has 5 heterocycles. The molecule has 0 bridgehead atoms. The number of nitrogens with one attached hydrogen (secondary N) is 5. The van der Waals surface area contributed by atoms with Crippen molar-refractivity contribution in [2.24, 2.45) is 0 Å². The topological polar surface area (TPSA) is 200 Å². The zero-order valence-electron chi connectivity index (χ0n) is 40.4. The molecule has 3 aromatic carbocycles. The number of benzene rings is 3. The molecular formula is C52H61F3N10O7. The number of carbonyl (C=O) groups excluding carboxylic acids is 6. The molecule has 3 saturated heterocycles. The number of aromatic nitrogens is 1. The average Bonchev–Trinajstić information content (AvgIpc) is 3.61. The van der Waals surface area contributed by atoms with Crippen LogP contribution in [0.4, 0.5) is 30.2 Å². The van der Waals surface area contributed by atoms with E-state index < -0.39 is 58.4 Å². The lowest BCUT2D eigenvalue weighted by molar-refractivity contribution is -0.138. The lowest BCUT2D eigenvalue weighted by Gasteiger charge is -2.35. The summed E-state index contributed by atoms with van der Waals surface area (Å²) in [5, 5.41) is 11.3. The zero-order chi connectivity index (χ0) is 50.9. The number of carbonyl (C=O) groups is 6. The Hall–Kier alpha value is -6.90. The lowest BCUT2D eigenvalue weighted by Crippen LogP contribution is -2.54. The van der Waals surface area contributed by atoms with Gasteiger partial charge in [0.2, 0.25) is 23.3 Å². The van der Waals surface area contributed by atoms with Crippen molar-refractivity contribution in [1.82, 2.24) is 35.2 Å². The van der Waals surface area contributed by atoms with Crippen molar-refractivity contribution in [1.29, 1.82) is 0 Å². The van der Waals surface area contributed by atoms with Crippen molar-refractivity contribution in [3.05, 3.63) is 111 Å². The molecule has 382 valence electrons. The Labute approximate surface area is 415 Å². The molecule has 0 aliphatic carbocycles. The van der Waals surface area contributed by atoms with Gasteiger partial charge in [0.05, 0.1) is 33.6 Å². The second-order valence-corrected chi connectivity index (χ2v) is 18.9. The number of halogens is 3. The molecule has 4 aliphatic rings. The Kier molecular flexibility index (Phi) is 16.5. The molecule has 4 aromatic rings. The maximum Gasteiger partial charge on any atom is 0.417 e. The number of aromatic amines is 1. The van der Waals surface area contributed by atoms with Gasteiger partial charge in [-0.2, -0.15) is 13.2 Å². The van der Waals surface area contributed by atoms with E-state index in [4.69, 9.17) is 0 Å². The number of piperidine rings is 1. The summed E-state index contributed by atoms with van der Waals surface area (Å²) >= 11 is 0. The molecule has 5 N–H and O–H groups in total. The SMILES string of the molecule is CN1CCN(c2ccc(-c3cccc(CN4CCN(CCNC(=O)CCCCCCCNc5cccc6c5C(=O)N(C5CCC(=O)NC5=O)C6=O)CC4)c3)cc2NC(=O)c2c[nH]c(=O)cc2C(F)(F)F)CC1. The fraction of sp³-hybridized carbons (Fsp3) is 0.442. The summed E-state index contributed by atoms with van der Waals surface area (Å²) in [6, 6.07) is 18.1. The molecule has 3 fully saturated rings. The zero-order valence-corrected chi connectivity index (χ0v) is 40.4. The fourth-order valence-corrected chi connectivity index (χ4v) is 9.77. The minimum Gasteiger partial charge on any atom is -0.384 e. The van der Waals surface area contributed by atoms with Crippen molar-refractivity contribution in [2.45, 2.75) is 70.1 Å². The summed E-state index contributed by atoms with van der Waals surface area (Å²) in [4.78, 5) is 101. The van der Waals surface area contributed by atoms with Gasteiger partial charge in [0.15, 0.2) is 0 Å². The average molecular weight is 995 g/mol. The minimum absolute atomic E-state index is 0.0338. The largest absolute Gasteiger partial charge is 0.417 e. The van der Waals surface area contributed by atoms with Gasteiger partial charge in [-0.1, -0.05) is 49.6 Å². The van der Waals surface area contributed by atoms with Gasteiger partial charge < -0.3 is 30.7 Å². The third-order valence-electron chi connectivity index (χ3n) is 13.8. The quantitative estimate of drug-likeness (QED) is 0.0613. The number of pyridine rings is 1. The lowest BCUT2D eigenvalue weighted by atomic mass is 10.0. The van der Waals surface area contributed by atoms with Crippen molar-refractivity contribution >= 4 is 52.5 Å². The van der Waals surface area contributed by atoms with Crippen molar-refractivity contribution < 1.29 is 41.9 Å². The van der Waals surface area contributed by atoms with Gasteiger partial charge >= 0.3 is 6.18 Å². The first-order valence-corrected chi connectivity index (χ1v) is 24.7. The number of hydrogen-bond donors (Lipinski definition) is 5. The molecule has 20 heteroatoms. The number of nitrogens with zero attached hydrogens (tertiary/aromatic N) is 5. The predicted octanol–water partition coefficient (Wildman–Crippen LogP) is 5.15. The number of alkyl halides is 3. The number of anilines is 3. The molecule has 72 heavy (non-hydrogen) atoms. The number of piperazine rings is 2. The highest BCUT2D eigenvalue weighted by Gasteiger charge is 2.45. The van der Waals surface area contributed by atoms with Crippen LogP contribution in [0.3, 0.4) is 0 Å². The summed E-state index contributed by atoms with van der Waals surface area (Å²) in [6.45, 7) is 8.94. The van der Waals surface area contributed by atoms with E-state index >= 15 is 0 Å². The number of likely N-dealkylation sites (N-methyl/N-ethyl adjacent to an activating group) is 1. The molecule has 0 radical (unpaired) electrons. The highest BCUT2D eigenvalue weighted by atomic mass is 19.4. The summed E-state index contributed by atoms with van der Waals surface area (Å²) in [5.74, 6) is -3.08. The smallest absolute Gasteiger partial charge is 0.384 e. The number of amides is 6. The van der Waals surface area contributed by atoms with E-state index in [0.717, 1.165) is 112 Å². The number of imide groups is 2. The van der Waals surface area contributed by atoms with Gasteiger partial charge in [0.1, 0.15) is 6.04 Å². The first-order valence-electron chi connectivity index (χ1n) is 24.7. The molecular weight excluding hydrogens is 934 g/mol. The molecule has 0 spiro atoms. The number of rotatable bonds is 19. The normalized spacial score (nSPS) is 18.0. The Morgan fingerprint density at radius 3 is 2.24 bits per heavy atom. The summed E-state index contributed by atoms with van der Waals surface area (Å²) in [5.41, 5.74) is 1.93. The van der Waals surface area contributed by atoms with E-state index in [9.17, 15) is 46.7 Å². The van der Waals surface area contributed by atoms with Crippen LogP contribution in [0.25, 0.3) is 11.1 Å². The van der Waals surface area contributed by atoms with Crippen LogP contribution in [0.1, 0.15) is 93.6 Å².